The summed E-state index contributed by atoms with van der Waals surface area (Å²) in [5.74, 6) is -0.129. The Labute approximate surface area is 164 Å². The lowest BCUT2D eigenvalue weighted by Crippen LogP contribution is -2.43. The number of hydrogen-bond donors (Lipinski definition) is 1. The van der Waals surface area contributed by atoms with Crippen molar-refractivity contribution >= 4 is 5.91 Å². The van der Waals surface area contributed by atoms with Crippen molar-refractivity contribution in [1.29, 1.82) is 0 Å². The molecular weight excluding hydrogens is 369 g/mol. The average molecular weight is 398 g/mol. The second-order valence-electron chi connectivity index (χ2n) is 7.78. The largest absolute Gasteiger partial charge is 0.416 e. The van der Waals surface area contributed by atoms with Gasteiger partial charge in [-0.25, -0.2) is 0 Å². The molecule has 1 aliphatic heterocycles. The molecule has 1 aromatic rings. The van der Waals surface area contributed by atoms with Gasteiger partial charge in [0.1, 0.15) is 0 Å². The van der Waals surface area contributed by atoms with Crippen molar-refractivity contribution in [3.63, 3.8) is 0 Å². The number of alkyl halides is 3. The van der Waals surface area contributed by atoms with Gasteiger partial charge in [-0.05, 0) is 43.9 Å². The molecule has 1 aromatic carbocycles. The van der Waals surface area contributed by atoms with Gasteiger partial charge in [0, 0.05) is 19.6 Å². The van der Waals surface area contributed by atoms with E-state index in [0.717, 1.165) is 70.7 Å². The minimum absolute atomic E-state index is 0.129. The summed E-state index contributed by atoms with van der Waals surface area (Å²) in [4.78, 5) is 15.3. The highest BCUT2D eigenvalue weighted by Gasteiger charge is 2.43. The van der Waals surface area contributed by atoms with E-state index in [9.17, 15) is 18.0 Å². The van der Waals surface area contributed by atoms with Gasteiger partial charge in [0.2, 0.25) is 5.91 Å². The van der Waals surface area contributed by atoms with Gasteiger partial charge in [0.25, 0.3) is 0 Å². The minimum atomic E-state index is -4.40. The molecule has 2 aliphatic rings. The molecule has 1 heterocycles. The number of morpholine rings is 1. The third-order valence-electron chi connectivity index (χ3n) is 5.92. The van der Waals surface area contributed by atoms with Gasteiger partial charge >= 0.3 is 6.18 Å². The number of halogens is 3. The van der Waals surface area contributed by atoms with E-state index < -0.39 is 17.2 Å². The van der Waals surface area contributed by atoms with Crippen LogP contribution in [0.2, 0.25) is 0 Å². The summed E-state index contributed by atoms with van der Waals surface area (Å²) in [6, 6.07) is 5.30. The van der Waals surface area contributed by atoms with Gasteiger partial charge < -0.3 is 10.1 Å². The number of carbonyl (C=O) groups is 1. The van der Waals surface area contributed by atoms with E-state index in [4.69, 9.17) is 4.74 Å². The van der Waals surface area contributed by atoms with Crippen molar-refractivity contribution in [2.24, 2.45) is 0 Å². The molecule has 28 heavy (non-hydrogen) atoms. The summed E-state index contributed by atoms with van der Waals surface area (Å²) in [5.41, 5.74) is -1.02. The maximum absolute atomic E-state index is 13.1. The molecule has 0 spiro atoms. The fraction of sp³-hybridized carbons (Fsp3) is 0.667. The zero-order valence-corrected chi connectivity index (χ0v) is 16.2. The lowest BCUT2D eigenvalue weighted by molar-refractivity contribution is -0.138. The second-order valence-corrected chi connectivity index (χ2v) is 7.78. The number of carbonyl (C=O) groups excluding carboxylic acids is 1. The minimum Gasteiger partial charge on any atom is -0.379 e. The highest BCUT2D eigenvalue weighted by atomic mass is 19.4. The molecule has 4 nitrogen and oxygen atoms in total. The molecule has 7 heteroatoms. The van der Waals surface area contributed by atoms with Crippen molar-refractivity contribution in [2.45, 2.75) is 50.1 Å². The van der Waals surface area contributed by atoms with E-state index in [1.807, 2.05) is 0 Å². The maximum atomic E-state index is 13.1. The second kappa shape index (κ2) is 9.27. The van der Waals surface area contributed by atoms with Crippen LogP contribution in [0.25, 0.3) is 0 Å². The van der Waals surface area contributed by atoms with Crippen LogP contribution in [0.1, 0.15) is 49.7 Å². The number of amides is 1. The van der Waals surface area contributed by atoms with Crippen molar-refractivity contribution < 1.29 is 22.7 Å². The smallest absolute Gasteiger partial charge is 0.379 e. The number of rotatable bonds is 7. The normalized spacial score (nSPS) is 20.2. The maximum Gasteiger partial charge on any atom is 0.416 e. The average Bonchev–Trinajstić information content (AvgIpc) is 3.19. The lowest BCUT2D eigenvalue weighted by atomic mass is 9.77. The van der Waals surface area contributed by atoms with Crippen LogP contribution < -0.4 is 5.32 Å². The predicted molar refractivity (Wildman–Crippen MR) is 101 cm³/mol. The predicted octanol–water partition coefficient (Wildman–Crippen LogP) is 3.75. The first-order chi connectivity index (χ1) is 13.4. The molecule has 2 fully saturated rings. The first-order valence-corrected chi connectivity index (χ1v) is 10.2. The first kappa shape index (κ1) is 21.1. The van der Waals surface area contributed by atoms with Gasteiger partial charge in [0.05, 0.1) is 24.2 Å². The van der Waals surface area contributed by atoms with Crippen molar-refractivity contribution in [1.82, 2.24) is 10.2 Å². The fourth-order valence-electron chi connectivity index (χ4n) is 4.27. The Hall–Kier alpha value is -1.60. The molecule has 1 N–H and O–H groups in total. The number of benzene rings is 1. The summed E-state index contributed by atoms with van der Waals surface area (Å²) < 4.78 is 44.7. The van der Waals surface area contributed by atoms with Crippen LogP contribution in [0.15, 0.2) is 24.3 Å². The number of nitrogens with zero attached hydrogens (tertiary/aromatic N) is 1. The van der Waals surface area contributed by atoms with Gasteiger partial charge in [-0.1, -0.05) is 31.0 Å². The Morgan fingerprint density at radius 1 is 1.14 bits per heavy atom. The van der Waals surface area contributed by atoms with E-state index in [-0.39, 0.29) is 5.91 Å². The van der Waals surface area contributed by atoms with Gasteiger partial charge in [-0.2, -0.15) is 13.2 Å². The molecule has 1 saturated carbocycles. The molecule has 0 atom stereocenters. The van der Waals surface area contributed by atoms with E-state index in [1.165, 1.54) is 6.07 Å². The van der Waals surface area contributed by atoms with Crippen molar-refractivity contribution in [3.05, 3.63) is 35.4 Å². The van der Waals surface area contributed by atoms with E-state index >= 15 is 0 Å². The molecule has 0 radical (unpaired) electrons. The zero-order valence-electron chi connectivity index (χ0n) is 16.2. The highest BCUT2D eigenvalue weighted by molar-refractivity contribution is 5.88. The van der Waals surface area contributed by atoms with Gasteiger partial charge in [-0.15, -0.1) is 0 Å². The number of unbranched alkanes of at least 4 members (excludes halogenated alkanes) is 1. The molecule has 0 aromatic heterocycles. The Balaban J connectivity index is 1.56. The van der Waals surface area contributed by atoms with E-state index in [2.05, 4.69) is 10.2 Å². The summed E-state index contributed by atoms with van der Waals surface area (Å²) in [5, 5.41) is 3.00. The molecule has 1 saturated heterocycles. The van der Waals surface area contributed by atoms with Gasteiger partial charge in [-0.3, -0.25) is 9.69 Å². The van der Waals surface area contributed by atoms with Gasteiger partial charge in [0.15, 0.2) is 0 Å². The first-order valence-electron chi connectivity index (χ1n) is 10.2. The Morgan fingerprint density at radius 3 is 2.54 bits per heavy atom. The molecule has 0 unspecified atom stereocenters. The number of ether oxygens (including phenoxy) is 1. The van der Waals surface area contributed by atoms with Crippen LogP contribution in [0.4, 0.5) is 13.2 Å². The topological polar surface area (TPSA) is 41.6 Å². The lowest BCUT2D eigenvalue weighted by Gasteiger charge is -2.29. The Kier molecular flexibility index (Phi) is 6.99. The van der Waals surface area contributed by atoms with Crippen LogP contribution in [0.5, 0.6) is 0 Å². The Bertz CT molecular complexity index is 651. The number of nitrogens with one attached hydrogen (secondary N) is 1. The third kappa shape index (κ3) is 5.06. The van der Waals surface area contributed by atoms with Crippen LogP contribution in [-0.2, 0) is 21.1 Å². The molecule has 0 bridgehead atoms. The zero-order chi connectivity index (χ0) is 20.0. The standard InChI is InChI=1S/C21H29F3N2O2/c22-21(23,24)18-7-5-6-17(16-18)20(8-1-2-9-20)19(27)25-10-3-4-11-26-12-14-28-15-13-26/h5-7,16H,1-4,8-15H2,(H,25,27). The van der Waals surface area contributed by atoms with E-state index in [0.29, 0.717) is 24.9 Å². The summed E-state index contributed by atoms with van der Waals surface area (Å²) in [6.07, 6.45) is 0.383. The molecule has 156 valence electrons. The van der Waals surface area contributed by atoms with Crippen molar-refractivity contribution in [2.75, 3.05) is 39.4 Å². The molecule has 1 amide bonds. The number of hydrogen-bond acceptors (Lipinski definition) is 3. The van der Waals surface area contributed by atoms with Crippen LogP contribution in [0.3, 0.4) is 0 Å². The molecule has 1 aliphatic carbocycles. The highest BCUT2D eigenvalue weighted by Crippen LogP contribution is 2.43. The van der Waals surface area contributed by atoms with Crippen LogP contribution in [0, 0.1) is 0 Å². The Morgan fingerprint density at radius 2 is 1.86 bits per heavy atom. The molecule has 3 rings (SSSR count). The monoisotopic (exact) mass is 398 g/mol. The quantitative estimate of drug-likeness (QED) is 0.712. The third-order valence-corrected chi connectivity index (χ3v) is 5.92. The van der Waals surface area contributed by atoms with Crippen molar-refractivity contribution in [3.8, 4) is 0 Å². The SMILES string of the molecule is O=C(NCCCCN1CCOCC1)C1(c2cccc(C(F)(F)F)c2)CCCC1. The van der Waals surface area contributed by atoms with E-state index in [1.54, 1.807) is 6.07 Å². The summed E-state index contributed by atoms with van der Waals surface area (Å²) >= 11 is 0. The summed E-state index contributed by atoms with van der Waals surface area (Å²) in [7, 11) is 0. The van der Waals surface area contributed by atoms with Crippen LogP contribution >= 0.6 is 0 Å². The summed E-state index contributed by atoms with van der Waals surface area (Å²) in [6.45, 7) is 4.99. The fourth-order valence-corrected chi connectivity index (χ4v) is 4.27. The molecular formula is C21H29F3N2O2. The van der Waals surface area contributed by atoms with Crippen LogP contribution in [-0.4, -0.2) is 50.2 Å².